The largest absolute Gasteiger partial charge is 0.368 e. The summed E-state index contributed by atoms with van der Waals surface area (Å²) in [7, 11) is 0. The first kappa shape index (κ1) is 20.0. The zero-order valence-electron chi connectivity index (χ0n) is 17.8. The molecule has 1 fully saturated rings. The maximum absolute atomic E-state index is 13.1. The molecule has 4 rings (SSSR count). The SMILES string of the molecule is Cc1cccc(N2NC(C(=O)N3CCN(c4cccc(C)c4C)CC3)=CCC2=O)c1. The number of hydrogen-bond donors (Lipinski definition) is 1. The van der Waals surface area contributed by atoms with Crippen molar-refractivity contribution in [2.24, 2.45) is 0 Å². The van der Waals surface area contributed by atoms with Crippen molar-refractivity contribution < 1.29 is 9.59 Å². The molecule has 1 N–H and O–H groups in total. The molecule has 2 aliphatic heterocycles. The summed E-state index contributed by atoms with van der Waals surface area (Å²) in [6.45, 7) is 9.16. The molecule has 6 heteroatoms. The number of benzene rings is 2. The topological polar surface area (TPSA) is 55.9 Å². The van der Waals surface area contributed by atoms with Crippen LogP contribution in [0.4, 0.5) is 11.4 Å². The highest BCUT2D eigenvalue weighted by molar-refractivity contribution is 6.01. The highest BCUT2D eigenvalue weighted by atomic mass is 16.2. The van der Waals surface area contributed by atoms with Crippen LogP contribution in [0.3, 0.4) is 0 Å². The minimum Gasteiger partial charge on any atom is -0.368 e. The van der Waals surface area contributed by atoms with Crippen LogP contribution in [0, 0.1) is 20.8 Å². The van der Waals surface area contributed by atoms with Gasteiger partial charge in [-0.1, -0.05) is 24.3 Å². The number of aryl methyl sites for hydroxylation is 2. The summed E-state index contributed by atoms with van der Waals surface area (Å²) in [5.74, 6) is -0.127. The number of nitrogens with zero attached hydrogens (tertiary/aromatic N) is 3. The lowest BCUT2D eigenvalue weighted by molar-refractivity contribution is -0.128. The number of rotatable bonds is 3. The summed E-state index contributed by atoms with van der Waals surface area (Å²) < 4.78 is 0. The first-order valence-electron chi connectivity index (χ1n) is 10.4. The van der Waals surface area contributed by atoms with E-state index in [0.717, 1.165) is 24.3 Å². The molecule has 0 atom stereocenters. The molecule has 1 saturated heterocycles. The van der Waals surface area contributed by atoms with Gasteiger partial charge in [-0.15, -0.1) is 0 Å². The van der Waals surface area contributed by atoms with E-state index >= 15 is 0 Å². The van der Waals surface area contributed by atoms with Gasteiger partial charge in [-0.05, 0) is 61.7 Å². The van der Waals surface area contributed by atoms with E-state index in [9.17, 15) is 9.59 Å². The number of nitrogens with one attached hydrogen (secondary N) is 1. The smallest absolute Gasteiger partial charge is 0.271 e. The standard InChI is InChI=1S/C24H28N4O2/c1-17-6-4-8-20(16-17)28-23(29)11-10-21(25-28)24(30)27-14-12-26(13-15-27)22-9-5-7-18(2)19(22)3/h4-10,16,25H,11-15H2,1-3H3. The van der Waals surface area contributed by atoms with E-state index in [0.29, 0.717) is 18.8 Å². The third-order valence-electron chi connectivity index (χ3n) is 5.94. The Hall–Kier alpha value is -3.28. The van der Waals surface area contributed by atoms with E-state index in [1.54, 1.807) is 6.08 Å². The van der Waals surface area contributed by atoms with Crippen LogP contribution in [0.1, 0.15) is 23.1 Å². The zero-order chi connectivity index (χ0) is 21.3. The number of hydrogen-bond acceptors (Lipinski definition) is 4. The summed E-state index contributed by atoms with van der Waals surface area (Å²) in [5, 5.41) is 1.48. The molecule has 0 aromatic heterocycles. The van der Waals surface area contributed by atoms with E-state index in [1.807, 2.05) is 36.1 Å². The van der Waals surface area contributed by atoms with Gasteiger partial charge in [0.15, 0.2) is 0 Å². The Kier molecular flexibility index (Phi) is 5.48. The quantitative estimate of drug-likeness (QED) is 0.854. The van der Waals surface area contributed by atoms with Gasteiger partial charge in [0.05, 0.1) is 5.69 Å². The predicted molar refractivity (Wildman–Crippen MR) is 119 cm³/mol. The summed E-state index contributed by atoms with van der Waals surface area (Å²) in [5.41, 5.74) is 9.14. The second-order valence-electron chi connectivity index (χ2n) is 8.00. The Bertz CT molecular complexity index is 1010. The van der Waals surface area contributed by atoms with Crippen molar-refractivity contribution in [3.8, 4) is 0 Å². The molecule has 6 nitrogen and oxygen atoms in total. The van der Waals surface area contributed by atoms with Gasteiger partial charge in [0, 0.05) is 38.3 Å². The average Bonchev–Trinajstić information content (AvgIpc) is 2.76. The number of piperazine rings is 1. The average molecular weight is 405 g/mol. The van der Waals surface area contributed by atoms with Gasteiger partial charge in [-0.2, -0.15) is 0 Å². The van der Waals surface area contributed by atoms with Crippen molar-refractivity contribution in [3.63, 3.8) is 0 Å². The Morgan fingerprint density at radius 3 is 2.43 bits per heavy atom. The van der Waals surface area contributed by atoms with E-state index in [2.05, 4.69) is 42.4 Å². The minimum atomic E-state index is -0.0723. The molecule has 2 aromatic rings. The third-order valence-corrected chi connectivity index (χ3v) is 5.94. The summed E-state index contributed by atoms with van der Waals surface area (Å²) in [6, 6.07) is 14.1. The minimum absolute atomic E-state index is 0.0548. The lowest BCUT2D eigenvalue weighted by Gasteiger charge is -2.38. The van der Waals surface area contributed by atoms with Gasteiger partial charge in [-0.3, -0.25) is 15.0 Å². The molecule has 156 valence electrons. The van der Waals surface area contributed by atoms with Crippen molar-refractivity contribution in [2.45, 2.75) is 27.2 Å². The molecule has 0 bridgehead atoms. The Morgan fingerprint density at radius 1 is 0.967 bits per heavy atom. The fourth-order valence-corrected chi connectivity index (χ4v) is 4.02. The molecule has 2 heterocycles. The molecular formula is C24H28N4O2. The van der Waals surface area contributed by atoms with Crippen LogP contribution in [0.15, 0.2) is 54.2 Å². The van der Waals surface area contributed by atoms with Gasteiger partial charge in [0.2, 0.25) is 5.91 Å². The lowest BCUT2D eigenvalue weighted by Crippen LogP contribution is -2.53. The number of amides is 2. The highest BCUT2D eigenvalue weighted by Crippen LogP contribution is 2.25. The van der Waals surface area contributed by atoms with Crippen LogP contribution >= 0.6 is 0 Å². The van der Waals surface area contributed by atoms with E-state index in [4.69, 9.17) is 0 Å². The maximum atomic E-state index is 13.1. The van der Waals surface area contributed by atoms with Crippen molar-refractivity contribution in [2.75, 3.05) is 36.1 Å². The first-order chi connectivity index (χ1) is 14.4. The molecule has 2 aliphatic rings. The Labute approximate surface area is 177 Å². The molecule has 0 aliphatic carbocycles. The fourth-order valence-electron chi connectivity index (χ4n) is 4.02. The number of anilines is 2. The van der Waals surface area contributed by atoms with Crippen molar-refractivity contribution in [1.82, 2.24) is 10.3 Å². The van der Waals surface area contributed by atoms with Crippen LogP contribution in [-0.2, 0) is 9.59 Å². The second kappa shape index (κ2) is 8.22. The van der Waals surface area contributed by atoms with Crippen LogP contribution in [0.5, 0.6) is 0 Å². The molecule has 30 heavy (non-hydrogen) atoms. The number of hydrazine groups is 1. The van der Waals surface area contributed by atoms with Crippen LogP contribution < -0.4 is 15.3 Å². The molecule has 2 aromatic carbocycles. The van der Waals surface area contributed by atoms with Crippen molar-refractivity contribution in [3.05, 3.63) is 70.9 Å². The fraction of sp³-hybridized carbons (Fsp3) is 0.333. The molecule has 0 unspecified atom stereocenters. The summed E-state index contributed by atoms with van der Waals surface area (Å²) in [4.78, 5) is 29.7. The lowest BCUT2D eigenvalue weighted by atomic mass is 10.1. The molecule has 0 radical (unpaired) electrons. The van der Waals surface area contributed by atoms with Gasteiger partial charge >= 0.3 is 0 Å². The Morgan fingerprint density at radius 2 is 1.70 bits per heavy atom. The predicted octanol–water partition coefficient (Wildman–Crippen LogP) is 3.09. The normalized spacial score (nSPS) is 17.0. The summed E-state index contributed by atoms with van der Waals surface area (Å²) in [6.07, 6.45) is 1.92. The van der Waals surface area contributed by atoms with Crippen molar-refractivity contribution >= 4 is 23.2 Å². The maximum Gasteiger partial charge on any atom is 0.271 e. The number of carbonyl (C=O) groups is 2. The second-order valence-corrected chi connectivity index (χ2v) is 8.00. The van der Waals surface area contributed by atoms with Gasteiger partial charge in [-0.25, -0.2) is 5.01 Å². The number of carbonyl (C=O) groups excluding carboxylic acids is 2. The summed E-state index contributed by atoms with van der Waals surface area (Å²) >= 11 is 0. The molecule has 0 spiro atoms. The highest BCUT2D eigenvalue weighted by Gasteiger charge is 2.29. The van der Waals surface area contributed by atoms with Gasteiger partial charge in [0.25, 0.3) is 5.91 Å². The van der Waals surface area contributed by atoms with E-state index in [1.165, 1.54) is 21.8 Å². The van der Waals surface area contributed by atoms with Gasteiger partial charge in [0.1, 0.15) is 5.70 Å². The van der Waals surface area contributed by atoms with E-state index in [-0.39, 0.29) is 18.2 Å². The van der Waals surface area contributed by atoms with Crippen LogP contribution in [0.2, 0.25) is 0 Å². The zero-order valence-corrected chi connectivity index (χ0v) is 17.8. The van der Waals surface area contributed by atoms with E-state index < -0.39 is 0 Å². The van der Waals surface area contributed by atoms with Crippen molar-refractivity contribution in [1.29, 1.82) is 0 Å². The molecule has 0 saturated carbocycles. The first-order valence-corrected chi connectivity index (χ1v) is 10.4. The van der Waals surface area contributed by atoms with Crippen LogP contribution in [0.25, 0.3) is 0 Å². The monoisotopic (exact) mass is 404 g/mol. The molecule has 2 amide bonds. The van der Waals surface area contributed by atoms with Gasteiger partial charge < -0.3 is 9.80 Å². The van der Waals surface area contributed by atoms with Crippen LogP contribution in [-0.4, -0.2) is 42.9 Å². The third kappa shape index (κ3) is 3.90. The molecular weight excluding hydrogens is 376 g/mol. The Balaban J connectivity index is 1.43.